The van der Waals surface area contributed by atoms with Crippen LogP contribution in [0.4, 0.5) is 0 Å². The van der Waals surface area contributed by atoms with E-state index in [1.807, 2.05) is 29.1 Å². The second-order valence-electron chi connectivity index (χ2n) is 7.82. The molecule has 1 saturated heterocycles. The highest BCUT2D eigenvalue weighted by Crippen LogP contribution is 2.35. The van der Waals surface area contributed by atoms with E-state index in [1.54, 1.807) is 0 Å². The van der Waals surface area contributed by atoms with Crippen LogP contribution < -0.4 is 5.32 Å². The molecule has 2 atom stereocenters. The van der Waals surface area contributed by atoms with Crippen molar-refractivity contribution in [1.29, 1.82) is 0 Å². The highest BCUT2D eigenvalue weighted by molar-refractivity contribution is 5.80. The quantitative estimate of drug-likeness (QED) is 0.651. The molecule has 1 aromatic heterocycles. The van der Waals surface area contributed by atoms with Crippen LogP contribution in [-0.2, 0) is 6.42 Å². The number of guanidine groups is 1. The fourth-order valence-electron chi connectivity index (χ4n) is 4.51. The van der Waals surface area contributed by atoms with Gasteiger partial charge in [0.2, 0.25) is 0 Å². The molecule has 1 aromatic carbocycles. The standard InChI is InChI=1S/C22H31N5/c1-2-23-22(26-16-19-8-6-7-9-20(19)17-26)24-13-12-18-14-25-27(15-18)21-10-4-3-5-11-21/h3-5,10-11,14-15,19-20H,2,6-9,12-13,16-17H2,1H3,(H,23,24). The number of nitrogens with zero attached hydrogens (tertiary/aromatic N) is 4. The van der Waals surface area contributed by atoms with Gasteiger partial charge in [-0.05, 0) is 55.7 Å². The Morgan fingerprint density at radius 1 is 1.15 bits per heavy atom. The zero-order valence-corrected chi connectivity index (χ0v) is 16.3. The molecule has 2 aliphatic rings. The third-order valence-electron chi connectivity index (χ3n) is 5.93. The molecule has 27 heavy (non-hydrogen) atoms. The van der Waals surface area contributed by atoms with Crippen molar-refractivity contribution in [1.82, 2.24) is 20.0 Å². The smallest absolute Gasteiger partial charge is 0.193 e. The molecule has 0 amide bonds. The number of nitrogens with one attached hydrogen (secondary N) is 1. The van der Waals surface area contributed by atoms with Gasteiger partial charge in [-0.2, -0.15) is 5.10 Å². The van der Waals surface area contributed by atoms with E-state index in [2.05, 4.69) is 40.6 Å². The molecule has 1 aliphatic heterocycles. The second-order valence-corrected chi connectivity index (χ2v) is 7.82. The molecule has 5 nitrogen and oxygen atoms in total. The van der Waals surface area contributed by atoms with Gasteiger partial charge in [-0.1, -0.05) is 31.0 Å². The summed E-state index contributed by atoms with van der Waals surface area (Å²) < 4.78 is 1.94. The van der Waals surface area contributed by atoms with E-state index in [1.165, 1.54) is 44.3 Å². The highest BCUT2D eigenvalue weighted by atomic mass is 15.3. The monoisotopic (exact) mass is 365 g/mol. The first-order valence-corrected chi connectivity index (χ1v) is 10.5. The largest absolute Gasteiger partial charge is 0.357 e. The third kappa shape index (κ3) is 4.34. The van der Waals surface area contributed by atoms with Crippen molar-refractivity contribution in [2.75, 3.05) is 26.2 Å². The van der Waals surface area contributed by atoms with E-state index in [9.17, 15) is 0 Å². The molecule has 2 unspecified atom stereocenters. The van der Waals surface area contributed by atoms with Crippen molar-refractivity contribution < 1.29 is 0 Å². The van der Waals surface area contributed by atoms with E-state index in [0.717, 1.165) is 43.0 Å². The Morgan fingerprint density at radius 2 is 1.89 bits per heavy atom. The third-order valence-corrected chi connectivity index (χ3v) is 5.93. The molecule has 1 aliphatic carbocycles. The fraction of sp³-hybridized carbons (Fsp3) is 0.545. The van der Waals surface area contributed by atoms with E-state index < -0.39 is 0 Å². The molecular weight excluding hydrogens is 334 g/mol. The summed E-state index contributed by atoms with van der Waals surface area (Å²) in [6.07, 6.45) is 10.6. The maximum atomic E-state index is 4.93. The summed E-state index contributed by atoms with van der Waals surface area (Å²) in [6.45, 7) is 6.25. The van der Waals surface area contributed by atoms with Crippen LogP contribution in [0.1, 0.15) is 38.2 Å². The van der Waals surface area contributed by atoms with Gasteiger partial charge >= 0.3 is 0 Å². The molecule has 1 N–H and O–H groups in total. The van der Waals surface area contributed by atoms with E-state index in [-0.39, 0.29) is 0 Å². The Morgan fingerprint density at radius 3 is 2.59 bits per heavy atom. The summed E-state index contributed by atoms with van der Waals surface area (Å²) in [6, 6.07) is 10.3. The van der Waals surface area contributed by atoms with E-state index >= 15 is 0 Å². The van der Waals surface area contributed by atoms with Gasteiger partial charge in [0.05, 0.1) is 11.9 Å². The van der Waals surface area contributed by atoms with Crippen LogP contribution in [0.2, 0.25) is 0 Å². The van der Waals surface area contributed by atoms with Gasteiger partial charge in [0.15, 0.2) is 5.96 Å². The lowest BCUT2D eigenvalue weighted by atomic mass is 9.82. The van der Waals surface area contributed by atoms with Gasteiger partial charge in [-0.3, -0.25) is 4.99 Å². The van der Waals surface area contributed by atoms with Crippen LogP contribution in [0.5, 0.6) is 0 Å². The zero-order valence-electron chi connectivity index (χ0n) is 16.3. The molecule has 1 saturated carbocycles. The van der Waals surface area contributed by atoms with E-state index in [4.69, 9.17) is 4.99 Å². The molecular formula is C22H31N5. The number of aromatic nitrogens is 2. The van der Waals surface area contributed by atoms with Gasteiger partial charge in [-0.25, -0.2) is 4.68 Å². The fourth-order valence-corrected chi connectivity index (χ4v) is 4.51. The molecule has 144 valence electrons. The lowest BCUT2D eigenvalue weighted by molar-refractivity contribution is 0.299. The maximum Gasteiger partial charge on any atom is 0.193 e. The summed E-state index contributed by atoms with van der Waals surface area (Å²) in [7, 11) is 0. The van der Waals surface area contributed by atoms with Crippen LogP contribution >= 0.6 is 0 Å². The van der Waals surface area contributed by atoms with Gasteiger partial charge < -0.3 is 10.2 Å². The van der Waals surface area contributed by atoms with Crippen LogP contribution in [0.3, 0.4) is 0 Å². The normalized spacial score (nSPS) is 22.7. The van der Waals surface area contributed by atoms with E-state index in [0.29, 0.717) is 0 Å². The van der Waals surface area contributed by atoms with Gasteiger partial charge in [0.1, 0.15) is 0 Å². The van der Waals surface area contributed by atoms with Crippen molar-refractivity contribution in [2.45, 2.75) is 39.0 Å². The number of fused-ring (bicyclic) bond motifs is 1. The molecule has 4 rings (SSSR count). The van der Waals surface area contributed by atoms with Crippen LogP contribution in [0, 0.1) is 11.8 Å². The number of para-hydroxylation sites is 1. The van der Waals surface area contributed by atoms with Crippen molar-refractivity contribution in [3.63, 3.8) is 0 Å². The zero-order chi connectivity index (χ0) is 18.5. The van der Waals surface area contributed by atoms with Crippen LogP contribution in [0.25, 0.3) is 5.69 Å². The molecule has 0 radical (unpaired) electrons. The Labute approximate surface area is 162 Å². The average Bonchev–Trinajstić information content (AvgIpc) is 3.35. The SMILES string of the molecule is CCNC(=NCCc1cnn(-c2ccccc2)c1)N1CC2CCCCC2C1. The van der Waals surface area contributed by atoms with Crippen LogP contribution in [0.15, 0.2) is 47.7 Å². The number of likely N-dealkylation sites (tertiary alicyclic amines) is 1. The molecule has 2 heterocycles. The van der Waals surface area contributed by atoms with Crippen molar-refractivity contribution in [2.24, 2.45) is 16.8 Å². The Balaban J connectivity index is 1.36. The summed E-state index contributed by atoms with van der Waals surface area (Å²) in [5.74, 6) is 2.86. The number of aliphatic imine (C=N–C) groups is 1. The van der Waals surface area contributed by atoms with Crippen molar-refractivity contribution >= 4 is 5.96 Å². The summed E-state index contributed by atoms with van der Waals surface area (Å²) in [4.78, 5) is 7.42. The Bertz CT molecular complexity index is 737. The first-order chi connectivity index (χ1) is 13.3. The Kier molecular flexibility index (Phi) is 5.75. The first kappa shape index (κ1) is 18.1. The topological polar surface area (TPSA) is 45.5 Å². The second kappa shape index (κ2) is 8.59. The highest BCUT2D eigenvalue weighted by Gasteiger charge is 2.35. The number of rotatable bonds is 5. The number of benzene rings is 1. The summed E-state index contributed by atoms with van der Waals surface area (Å²) in [5, 5.41) is 8.00. The van der Waals surface area contributed by atoms with Gasteiger partial charge in [-0.15, -0.1) is 0 Å². The number of hydrogen-bond acceptors (Lipinski definition) is 2. The molecule has 0 spiro atoms. The van der Waals surface area contributed by atoms with Gasteiger partial charge in [0, 0.05) is 32.4 Å². The summed E-state index contributed by atoms with van der Waals surface area (Å²) >= 11 is 0. The Hall–Kier alpha value is -2.30. The van der Waals surface area contributed by atoms with Gasteiger partial charge in [0.25, 0.3) is 0 Å². The number of hydrogen-bond donors (Lipinski definition) is 1. The molecule has 5 heteroatoms. The molecule has 2 fully saturated rings. The predicted octanol–water partition coefficient (Wildman–Crippen LogP) is 3.50. The van der Waals surface area contributed by atoms with Crippen LogP contribution in [-0.4, -0.2) is 46.8 Å². The summed E-state index contributed by atoms with van der Waals surface area (Å²) in [5.41, 5.74) is 2.33. The minimum absolute atomic E-state index is 0.800. The molecule has 2 aromatic rings. The van der Waals surface area contributed by atoms with Crippen molar-refractivity contribution in [3.05, 3.63) is 48.3 Å². The lowest BCUT2D eigenvalue weighted by Crippen LogP contribution is -2.40. The van der Waals surface area contributed by atoms with Crippen molar-refractivity contribution in [3.8, 4) is 5.69 Å². The predicted molar refractivity (Wildman–Crippen MR) is 110 cm³/mol. The maximum absolute atomic E-state index is 4.93. The molecule has 0 bridgehead atoms. The average molecular weight is 366 g/mol. The minimum atomic E-state index is 0.800. The first-order valence-electron chi connectivity index (χ1n) is 10.5. The lowest BCUT2D eigenvalue weighted by Gasteiger charge is -2.22. The minimum Gasteiger partial charge on any atom is -0.357 e.